The van der Waals surface area contributed by atoms with E-state index in [4.69, 9.17) is 5.84 Å². The molecule has 4 heteroatoms. The van der Waals surface area contributed by atoms with Crippen molar-refractivity contribution in [3.8, 4) is 0 Å². The van der Waals surface area contributed by atoms with E-state index in [-0.39, 0.29) is 0 Å². The number of hydrazone groups is 1. The fraction of sp³-hybridized carbons (Fsp3) is 0.250. The van der Waals surface area contributed by atoms with Crippen LogP contribution in [0.25, 0.3) is 10.9 Å². The quantitative estimate of drug-likeness (QED) is 0.565. The van der Waals surface area contributed by atoms with Crippen molar-refractivity contribution in [1.82, 2.24) is 4.98 Å². The third kappa shape index (κ3) is 1.37. The van der Waals surface area contributed by atoms with E-state index in [1.807, 2.05) is 6.07 Å². The van der Waals surface area contributed by atoms with E-state index in [9.17, 15) is 0 Å². The summed E-state index contributed by atoms with van der Waals surface area (Å²) in [5.74, 6) is 5.43. The lowest BCUT2D eigenvalue weighted by Crippen LogP contribution is -2.12. The fourth-order valence-electron chi connectivity index (χ4n) is 2.41. The molecule has 2 aromatic rings. The smallest absolute Gasteiger partial charge is 0.0837 e. The first kappa shape index (κ1) is 9.90. The first-order valence-corrected chi connectivity index (χ1v) is 6.16. The van der Waals surface area contributed by atoms with Crippen molar-refractivity contribution in [2.45, 2.75) is 19.3 Å². The van der Waals surface area contributed by atoms with Crippen LogP contribution < -0.4 is 5.84 Å². The van der Waals surface area contributed by atoms with Crippen LogP contribution in [0.1, 0.15) is 24.1 Å². The maximum absolute atomic E-state index is 5.43. The molecule has 3 N–H and O–H groups in total. The summed E-state index contributed by atoms with van der Waals surface area (Å²) in [6.45, 7) is 0. The number of nitrogens with two attached hydrogens (primary N) is 1. The number of nitrogens with one attached hydrogen (secondary N) is 1. The molecule has 16 heavy (non-hydrogen) atoms. The molecule has 0 aliphatic heterocycles. The second-order valence-corrected chi connectivity index (χ2v) is 5.01. The van der Waals surface area contributed by atoms with Crippen molar-refractivity contribution in [2.75, 3.05) is 0 Å². The van der Waals surface area contributed by atoms with Gasteiger partial charge in [0.15, 0.2) is 0 Å². The highest BCUT2D eigenvalue weighted by molar-refractivity contribution is 9.10. The molecule has 0 amide bonds. The Balaban J connectivity index is 2.33. The number of aromatic amines is 1. The minimum Gasteiger partial charge on any atom is -0.353 e. The van der Waals surface area contributed by atoms with Gasteiger partial charge in [0.1, 0.15) is 0 Å². The fourth-order valence-corrected chi connectivity index (χ4v) is 2.77. The highest BCUT2D eigenvalue weighted by Gasteiger charge is 2.20. The Kier molecular flexibility index (Phi) is 2.24. The maximum Gasteiger partial charge on any atom is 0.0837 e. The van der Waals surface area contributed by atoms with Crippen molar-refractivity contribution < 1.29 is 0 Å². The second kappa shape index (κ2) is 3.63. The van der Waals surface area contributed by atoms with Gasteiger partial charge in [-0.3, -0.25) is 0 Å². The molecular formula is C12H12BrN3. The molecule has 1 aromatic heterocycles. The minimum atomic E-state index is 0.970. The van der Waals surface area contributed by atoms with Gasteiger partial charge in [-0.05, 0) is 43.0 Å². The summed E-state index contributed by atoms with van der Waals surface area (Å²) in [5, 5.41) is 5.16. The van der Waals surface area contributed by atoms with Gasteiger partial charge in [0.05, 0.1) is 11.4 Å². The molecule has 3 rings (SSSR count). The molecule has 1 aliphatic rings. The summed E-state index contributed by atoms with van der Waals surface area (Å²) >= 11 is 3.51. The molecule has 0 bridgehead atoms. The van der Waals surface area contributed by atoms with Crippen molar-refractivity contribution in [2.24, 2.45) is 10.9 Å². The number of rotatable bonds is 0. The Morgan fingerprint density at radius 1 is 1.31 bits per heavy atom. The van der Waals surface area contributed by atoms with E-state index in [1.54, 1.807) is 0 Å². The average molecular weight is 278 g/mol. The molecule has 0 fully saturated rings. The lowest BCUT2D eigenvalue weighted by Gasteiger charge is -2.12. The zero-order valence-corrected chi connectivity index (χ0v) is 10.3. The Labute approximate surface area is 102 Å². The van der Waals surface area contributed by atoms with Gasteiger partial charge < -0.3 is 10.8 Å². The number of hydrogen-bond acceptors (Lipinski definition) is 2. The number of hydrogen-bond donors (Lipinski definition) is 2. The van der Waals surface area contributed by atoms with Gasteiger partial charge in [-0.15, -0.1) is 0 Å². The van der Waals surface area contributed by atoms with Gasteiger partial charge >= 0.3 is 0 Å². The van der Waals surface area contributed by atoms with Crippen LogP contribution >= 0.6 is 15.9 Å². The van der Waals surface area contributed by atoms with Gasteiger partial charge in [-0.1, -0.05) is 15.9 Å². The zero-order valence-electron chi connectivity index (χ0n) is 8.76. The summed E-state index contributed by atoms with van der Waals surface area (Å²) < 4.78 is 1.11. The van der Waals surface area contributed by atoms with Crippen LogP contribution in [-0.2, 0) is 6.42 Å². The van der Waals surface area contributed by atoms with Crippen molar-refractivity contribution >= 4 is 32.5 Å². The summed E-state index contributed by atoms with van der Waals surface area (Å²) in [7, 11) is 0. The molecule has 0 atom stereocenters. The molecule has 0 saturated carbocycles. The second-order valence-electron chi connectivity index (χ2n) is 4.10. The molecule has 0 saturated heterocycles. The average Bonchev–Trinajstić information content (AvgIpc) is 2.67. The van der Waals surface area contributed by atoms with Gasteiger partial charge in [-0.25, -0.2) is 0 Å². The first-order valence-electron chi connectivity index (χ1n) is 5.37. The van der Waals surface area contributed by atoms with Gasteiger partial charge in [0, 0.05) is 15.4 Å². The Morgan fingerprint density at radius 2 is 2.19 bits per heavy atom. The highest BCUT2D eigenvalue weighted by Crippen LogP contribution is 2.30. The number of H-pyrrole nitrogens is 1. The molecular weight excluding hydrogens is 266 g/mol. The Bertz CT molecular complexity index is 583. The normalized spacial score (nSPS) is 17.9. The van der Waals surface area contributed by atoms with Crippen LogP contribution in [0.15, 0.2) is 27.8 Å². The molecule has 1 heterocycles. The molecule has 3 nitrogen and oxygen atoms in total. The largest absolute Gasteiger partial charge is 0.353 e. The van der Waals surface area contributed by atoms with E-state index in [0.29, 0.717) is 0 Å². The van der Waals surface area contributed by atoms with E-state index in [1.165, 1.54) is 10.9 Å². The van der Waals surface area contributed by atoms with E-state index >= 15 is 0 Å². The van der Waals surface area contributed by atoms with Crippen LogP contribution in [0.5, 0.6) is 0 Å². The monoisotopic (exact) mass is 277 g/mol. The van der Waals surface area contributed by atoms with Gasteiger partial charge in [0.2, 0.25) is 0 Å². The highest BCUT2D eigenvalue weighted by atomic mass is 79.9. The van der Waals surface area contributed by atoms with Crippen LogP contribution in [-0.4, -0.2) is 10.7 Å². The number of fused-ring (bicyclic) bond motifs is 3. The standard InChI is InChI=1S/C12H12BrN3/c13-7-4-5-10-9(6-7)8-2-1-3-11(16-14)12(8)15-10/h4-6,15H,1-3,14H2/b16-11+. The summed E-state index contributed by atoms with van der Waals surface area (Å²) in [6.07, 6.45) is 3.20. The lowest BCUT2D eigenvalue weighted by molar-refractivity contribution is 0.837. The van der Waals surface area contributed by atoms with Crippen molar-refractivity contribution in [1.29, 1.82) is 0 Å². The topological polar surface area (TPSA) is 54.2 Å². The van der Waals surface area contributed by atoms with Crippen LogP contribution in [0, 0.1) is 0 Å². The summed E-state index contributed by atoms with van der Waals surface area (Å²) in [6, 6.07) is 6.29. The third-order valence-corrected chi connectivity index (χ3v) is 3.65. The summed E-state index contributed by atoms with van der Waals surface area (Å²) in [4.78, 5) is 3.41. The lowest BCUT2D eigenvalue weighted by atomic mass is 9.94. The maximum atomic E-state index is 5.43. The Morgan fingerprint density at radius 3 is 3.00 bits per heavy atom. The number of benzene rings is 1. The number of nitrogens with zero attached hydrogens (tertiary/aromatic N) is 1. The molecule has 0 unspecified atom stereocenters. The third-order valence-electron chi connectivity index (χ3n) is 3.15. The summed E-state index contributed by atoms with van der Waals surface area (Å²) in [5.41, 5.74) is 4.64. The van der Waals surface area contributed by atoms with E-state index in [0.717, 1.165) is 40.7 Å². The van der Waals surface area contributed by atoms with Crippen LogP contribution in [0.2, 0.25) is 0 Å². The Hall–Kier alpha value is -1.29. The van der Waals surface area contributed by atoms with E-state index < -0.39 is 0 Å². The van der Waals surface area contributed by atoms with Crippen molar-refractivity contribution in [3.63, 3.8) is 0 Å². The zero-order chi connectivity index (χ0) is 11.1. The number of halogens is 1. The molecule has 1 aromatic carbocycles. The predicted molar refractivity (Wildman–Crippen MR) is 69.7 cm³/mol. The predicted octanol–water partition coefficient (Wildman–Crippen LogP) is 2.93. The van der Waals surface area contributed by atoms with Gasteiger partial charge in [-0.2, -0.15) is 5.10 Å². The number of aromatic nitrogens is 1. The van der Waals surface area contributed by atoms with Crippen molar-refractivity contribution in [3.05, 3.63) is 33.9 Å². The first-order chi connectivity index (χ1) is 7.79. The molecule has 82 valence electrons. The minimum absolute atomic E-state index is 0.970. The van der Waals surface area contributed by atoms with E-state index in [2.05, 4.69) is 38.1 Å². The van der Waals surface area contributed by atoms with Gasteiger partial charge in [0.25, 0.3) is 0 Å². The van der Waals surface area contributed by atoms with Crippen LogP contribution in [0.4, 0.5) is 0 Å². The van der Waals surface area contributed by atoms with Crippen LogP contribution in [0.3, 0.4) is 0 Å². The molecule has 0 radical (unpaired) electrons. The number of aryl methyl sites for hydroxylation is 1. The SMILES string of the molecule is N/N=C1\CCCc2c1[nH]c1ccc(Br)cc21. The molecule has 1 aliphatic carbocycles. The molecule has 0 spiro atoms.